The van der Waals surface area contributed by atoms with Gasteiger partial charge in [-0.05, 0) is 47.5 Å². The third-order valence-electron chi connectivity index (χ3n) is 6.56. The molecule has 3 atom stereocenters. The van der Waals surface area contributed by atoms with Crippen molar-refractivity contribution in [2.45, 2.75) is 19.1 Å². The Morgan fingerprint density at radius 3 is 2.18 bits per heavy atom. The lowest BCUT2D eigenvalue weighted by molar-refractivity contribution is -0.126. The van der Waals surface area contributed by atoms with Crippen molar-refractivity contribution in [3.63, 3.8) is 0 Å². The lowest BCUT2D eigenvalue weighted by Gasteiger charge is -2.29. The van der Waals surface area contributed by atoms with Gasteiger partial charge in [0, 0.05) is 0 Å². The van der Waals surface area contributed by atoms with Crippen LogP contribution < -0.4 is 9.96 Å². The number of imide groups is 1. The quantitative estimate of drug-likeness (QED) is 0.416. The van der Waals surface area contributed by atoms with Gasteiger partial charge in [-0.3, -0.25) is 14.4 Å². The summed E-state index contributed by atoms with van der Waals surface area (Å²) in [6, 6.07) is 30.8. The molecule has 0 spiro atoms. The maximum absolute atomic E-state index is 13.8. The largest absolute Gasteiger partial charge is 0.273 e. The first-order valence-electron chi connectivity index (χ1n) is 11.1. The average Bonchev–Trinajstić information content (AvgIpc) is 3.36. The highest BCUT2D eigenvalue weighted by molar-refractivity contribution is 6.24. The van der Waals surface area contributed by atoms with Crippen molar-refractivity contribution >= 4 is 34.0 Å². The molecule has 2 heterocycles. The molecule has 0 saturated carbocycles. The van der Waals surface area contributed by atoms with Crippen LogP contribution in [0.4, 0.5) is 11.4 Å². The Morgan fingerprint density at radius 2 is 1.39 bits per heavy atom. The zero-order valence-electron chi connectivity index (χ0n) is 18.1. The Labute approximate surface area is 191 Å². The topological polar surface area (TPSA) is 49.9 Å². The molecule has 0 bridgehead atoms. The van der Waals surface area contributed by atoms with E-state index in [1.54, 1.807) is 5.06 Å². The number of para-hydroxylation sites is 1. The number of hydroxylamine groups is 1. The van der Waals surface area contributed by atoms with Crippen LogP contribution >= 0.6 is 0 Å². The summed E-state index contributed by atoms with van der Waals surface area (Å²) in [6.07, 6.45) is -0.872. The number of anilines is 2. The number of fused-ring (bicyclic) bond motifs is 2. The van der Waals surface area contributed by atoms with Crippen molar-refractivity contribution in [3.05, 3.63) is 108 Å². The minimum atomic E-state index is -0.872. The van der Waals surface area contributed by atoms with Crippen LogP contribution in [0.5, 0.6) is 0 Å². The van der Waals surface area contributed by atoms with Gasteiger partial charge in [-0.15, -0.1) is 0 Å². The third-order valence-corrected chi connectivity index (χ3v) is 6.56. The zero-order valence-corrected chi connectivity index (χ0v) is 18.1. The highest BCUT2D eigenvalue weighted by atomic mass is 16.7. The summed E-state index contributed by atoms with van der Waals surface area (Å²) >= 11 is 0. The van der Waals surface area contributed by atoms with E-state index in [0.29, 0.717) is 5.69 Å². The van der Waals surface area contributed by atoms with E-state index in [0.717, 1.165) is 27.6 Å². The molecule has 3 unspecified atom stereocenters. The van der Waals surface area contributed by atoms with Gasteiger partial charge < -0.3 is 0 Å². The fourth-order valence-electron chi connectivity index (χ4n) is 4.99. The lowest BCUT2D eigenvalue weighted by Crippen LogP contribution is -2.37. The molecular formula is C28H22N2O3. The molecule has 2 saturated heterocycles. The molecule has 0 aliphatic carbocycles. The molecule has 0 aromatic heterocycles. The summed E-state index contributed by atoms with van der Waals surface area (Å²) in [5.74, 6) is -1.20. The van der Waals surface area contributed by atoms with Crippen LogP contribution in [0.25, 0.3) is 10.8 Å². The van der Waals surface area contributed by atoms with Crippen LogP contribution in [0, 0.1) is 12.8 Å². The first-order valence-corrected chi connectivity index (χ1v) is 11.1. The van der Waals surface area contributed by atoms with E-state index in [9.17, 15) is 9.59 Å². The number of hydrogen-bond donors (Lipinski definition) is 0. The second-order valence-electron chi connectivity index (χ2n) is 8.57. The molecule has 2 aliphatic heterocycles. The van der Waals surface area contributed by atoms with Crippen LogP contribution in [-0.2, 0) is 14.4 Å². The number of aryl methyl sites for hydroxylation is 1. The standard InChI is InChI=1S/C28H22N2O3/c1-18-14-16-20(17-15-18)29-27(31)24-25(23-13-7-9-19-8-5-6-12-22(19)23)30(33-26(24)28(29)32)21-10-3-2-4-11-21/h2-17,24-26H,1H3. The van der Waals surface area contributed by atoms with Crippen LogP contribution in [-0.4, -0.2) is 17.9 Å². The normalized spacial score (nSPS) is 22.3. The molecule has 2 aliphatic rings. The summed E-state index contributed by atoms with van der Waals surface area (Å²) in [7, 11) is 0. The number of carbonyl (C=O) groups excluding carboxylic acids is 2. The summed E-state index contributed by atoms with van der Waals surface area (Å²) < 4.78 is 0. The van der Waals surface area contributed by atoms with Gasteiger partial charge in [0.25, 0.3) is 5.91 Å². The van der Waals surface area contributed by atoms with Crippen LogP contribution in [0.3, 0.4) is 0 Å². The van der Waals surface area contributed by atoms with Crippen molar-refractivity contribution < 1.29 is 14.4 Å². The van der Waals surface area contributed by atoms with Crippen LogP contribution in [0.1, 0.15) is 17.2 Å². The molecule has 5 heteroatoms. The summed E-state index contributed by atoms with van der Waals surface area (Å²) in [5, 5.41) is 3.88. The molecule has 6 rings (SSSR count). The maximum Gasteiger partial charge on any atom is 0.266 e. The average molecular weight is 434 g/mol. The van der Waals surface area contributed by atoms with Crippen molar-refractivity contribution in [2.24, 2.45) is 5.92 Å². The maximum atomic E-state index is 13.8. The second kappa shape index (κ2) is 7.57. The summed E-state index contributed by atoms with van der Waals surface area (Å²) in [5.41, 5.74) is 3.43. The monoisotopic (exact) mass is 434 g/mol. The summed E-state index contributed by atoms with van der Waals surface area (Å²) in [6.45, 7) is 1.98. The van der Waals surface area contributed by atoms with E-state index in [2.05, 4.69) is 18.2 Å². The predicted molar refractivity (Wildman–Crippen MR) is 128 cm³/mol. The van der Waals surface area contributed by atoms with Crippen LogP contribution in [0.15, 0.2) is 97.1 Å². The van der Waals surface area contributed by atoms with Gasteiger partial charge in [-0.25, -0.2) is 9.96 Å². The number of rotatable bonds is 3. The van der Waals surface area contributed by atoms with Crippen molar-refractivity contribution in [2.75, 3.05) is 9.96 Å². The fourth-order valence-corrected chi connectivity index (χ4v) is 4.99. The molecule has 5 nitrogen and oxygen atoms in total. The Morgan fingerprint density at radius 1 is 0.697 bits per heavy atom. The van der Waals surface area contributed by atoms with Crippen molar-refractivity contribution in [3.8, 4) is 0 Å². The summed E-state index contributed by atoms with van der Waals surface area (Å²) in [4.78, 5) is 34.8. The number of hydrogen-bond acceptors (Lipinski definition) is 4. The smallest absolute Gasteiger partial charge is 0.266 e. The van der Waals surface area contributed by atoms with Gasteiger partial charge in [-0.2, -0.15) is 0 Å². The Bertz CT molecular complexity index is 1360. The fraction of sp³-hybridized carbons (Fsp3) is 0.143. The number of amides is 2. The Kier molecular flexibility index (Phi) is 4.52. The number of benzene rings is 4. The number of nitrogens with zero attached hydrogens (tertiary/aromatic N) is 2. The SMILES string of the molecule is Cc1ccc(N2C(=O)C3ON(c4ccccc4)C(c4cccc5ccccc45)C3C2=O)cc1. The van der Waals surface area contributed by atoms with Gasteiger partial charge in [0.15, 0.2) is 6.10 Å². The van der Waals surface area contributed by atoms with E-state index < -0.39 is 18.1 Å². The molecule has 33 heavy (non-hydrogen) atoms. The first-order chi connectivity index (χ1) is 16.1. The lowest BCUT2D eigenvalue weighted by atomic mass is 9.87. The molecule has 2 fully saturated rings. The second-order valence-corrected chi connectivity index (χ2v) is 8.57. The minimum absolute atomic E-state index is 0.231. The first kappa shape index (κ1) is 19.7. The van der Waals surface area contributed by atoms with Crippen molar-refractivity contribution in [1.82, 2.24) is 0 Å². The molecule has 2 amide bonds. The van der Waals surface area contributed by atoms with E-state index >= 15 is 0 Å². The molecule has 4 aromatic carbocycles. The van der Waals surface area contributed by atoms with E-state index in [1.165, 1.54) is 4.90 Å². The van der Waals surface area contributed by atoms with Gasteiger partial charge in [0.2, 0.25) is 5.91 Å². The van der Waals surface area contributed by atoms with Crippen molar-refractivity contribution in [1.29, 1.82) is 0 Å². The van der Waals surface area contributed by atoms with Gasteiger partial charge in [0.1, 0.15) is 5.92 Å². The van der Waals surface area contributed by atoms with Gasteiger partial charge >= 0.3 is 0 Å². The Balaban J connectivity index is 1.50. The highest BCUT2D eigenvalue weighted by Crippen LogP contribution is 2.48. The molecule has 0 N–H and O–H groups in total. The third kappa shape index (κ3) is 3.04. The Hall–Kier alpha value is -3.96. The molecular weight excluding hydrogens is 412 g/mol. The molecule has 162 valence electrons. The number of carbonyl (C=O) groups is 2. The molecule has 0 radical (unpaired) electrons. The van der Waals surface area contributed by atoms with E-state index in [1.807, 2.05) is 85.8 Å². The minimum Gasteiger partial charge on any atom is -0.273 e. The molecule has 4 aromatic rings. The zero-order chi connectivity index (χ0) is 22.5. The van der Waals surface area contributed by atoms with Gasteiger partial charge in [-0.1, -0.05) is 78.4 Å². The van der Waals surface area contributed by atoms with Crippen LogP contribution in [0.2, 0.25) is 0 Å². The van der Waals surface area contributed by atoms with E-state index in [4.69, 9.17) is 4.84 Å². The van der Waals surface area contributed by atoms with Gasteiger partial charge in [0.05, 0.1) is 17.4 Å². The highest BCUT2D eigenvalue weighted by Gasteiger charge is 2.60. The predicted octanol–water partition coefficient (Wildman–Crippen LogP) is 5.20. The van der Waals surface area contributed by atoms with E-state index in [-0.39, 0.29) is 11.8 Å².